The average molecular weight is 451 g/mol. The molecule has 5 rings (SSSR count). The molecule has 0 amide bonds. The molecule has 0 saturated heterocycles. The van der Waals surface area contributed by atoms with Gasteiger partial charge in [-0.15, -0.1) is 0 Å². The van der Waals surface area contributed by atoms with Crippen LogP contribution in [-0.2, 0) is 6.42 Å². The first-order valence-corrected chi connectivity index (χ1v) is 10.7. The molecule has 0 radical (unpaired) electrons. The highest BCUT2D eigenvalue weighted by atomic mass is 16.4. The van der Waals surface area contributed by atoms with Crippen molar-refractivity contribution in [3.8, 4) is 28.8 Å². The van der Waals surface area contributed by atoms with Crippen molar-refractivity contribution < 1.29 is 9.52 Å². The second-order valence-electron chi connectivity index (χ2n) is 7.94. The molecule has 3 N–H and O–H groups in total. The van der Waals surface area contributed by atoms with E-state index in [0.29, 0.717) is 51.8 Å². The van der Waals surface area contributed by atoms with Gasteiger partial charge in [-0.25, -0.2) is 14.5 Å². The Bertz CT molecular complexity index is 1550. The standard InChI is InChI=1S/C25H21N7O2/c1-14(33)21-24(34-15(2)29-21)23-22(17-7-5-6-16(10-17)13-26)30-25(27)20-12-19(31-32(20)23)11-18-8-3-4-9-28-18/h3-10,12,14,33H,11H2,1-2H3,(H2,27,30). The number of nitrogen functional groups attached to an aromatic ring is 1. The minimum atomic E-state index is -0.887. The predicted octanol–water partition coefficient (Wildman–Crippen LogP) is 3.85. The molecule has 0 bridgehead atoms. The van der Waals surface area contributed by atoms with Crippen LogP contribution < -0.4 is 5.73 Å². The van der Waals surface area contributed by atoms with E-state index >= 15 is 0 Å². The fourth-order valence-electron chi connectivity index (χ4n) is 3.93. The SMILES string of the molecule is Cc1nc(C(C)O)c(-c2c(-c3cccc(C#N)c3)nc(N)c3cc(Cc4ccccn4)nn23)o1. The van der Waals surface area contributed by atoms with Gasteiger partial charge in [0.15, 0.2) is 11.7 Å². The summed E-state index contributed by atoms with van der Waals surface area (Å²) in [6.07, 6.45) is 1.35. The quantitative estimate of drug-likeness (QED) is 0.411. The summed E-state index contributed by atoms with van der Waals surface area (Å²) in [5.41, 5.74) is 11.0. The number of fused-ring (bicyclic) bond motifs is 1. The number of rotatable bonds is 5. The molecule has 0 fully saturated rings. The summed E-state index contributed by atoms with van der Waals surface area (Å²) in [4.78, 5) is 13.4. The first-order valence-electron chi connectivity index (χ1n) is 10.7. The maximum Gasteiger partial charge on any atom is 0.192 e. The summed E-state index contributed by atoms with van der Waals surface area (Å²) in [5, 5.41) is 24.6. The second kappa shape index (κ2) is 8.42. The Morgan fingerprint density at radius 3 is 2.74 bits per heavy atom. The molecule has 4 aromatic heterocycles. The Hall–Kier alpha value is -4.55. The lowest BCUT2D eigenvalue weighted by molar-refractivity contribution is 0.195. The molecule has 5 aromatic rings. The predicted molar refractivity (Wildman–Crippen MR) is 125 cm³/mol. The van der Waals surface area contributed by atoms with Gasteiger partial charge < -0.3 is 15.3 Å². The fraction of sp³-hybridized carbons (Fsp3) is 0.160. The van der Waals surface area contributed by atoms with E-state index in [2.05, 4.69) is 21.0 Å². The number of anilines is 1. The molecule has 9 heteroatoms. The molecule has 1 atom stereocenters. The molecule has 9 nitrogen and oxygen atoms in total. The van der Waals surface area contributed by atoms with Gasteiger partial charge in [0.25, 0.3) is 0 Å². The molecule has 4 heterocycles. The van der Waals surface area contributed by atoms with Gasteiger partial charge in [-0.1, -0.05) is 18.2 Å². The number of nitrogens with two attached hydrogens (primary N) is 1. The van der Waals surface area contributed by atoms with Crippen LogP contribution in [0.4, 0.5) is 5.82 Å². The van der Waals surface area contributed by atoms with E-state index in [1.807, 2.05) is 30.3 Å². The monoisotopic (exact) mass is 451 g/mol. The summed E-state index contributed by atoms with van der Waals surface area (Å²) < 4.78 is 7.63. The number of aliphatic hydroxyl groups is 1. The summed E-state index contributed by atoms with van der Waals surface area (Å²) in [7, 11) is 0. The normalized spacial score (nSPS) is 12.1. The lowest BCUT2D eigenvalue weighted by Gasteiger charge is -2.13. The highest BCUT2D eigenvalue weighted by Crippen LogP contribution is 2.37. The number of nitriles is 1. The smallest absolute Gasteiger partial charge is 0.192 e. The third kappa shape index (κ3) is 3.76. The van der Waals surface area contributed by atoms with Crippen LogP contribution >= 0.6 is 0 Å². The average Bonchev–Trinajstić information content (AvgIpc) is 3.43. The molecule has 1 unspecified atom stereocenters. The van der Waals surface area contributed by atoms with Crippen LogP contribution in [0.15, 0.2) is 59.1 Å². The van der Waals surface area contributed by atoms with Crippen LogP contribution in [-0.4, -0.2) is 29.7 Å². The van der Waals surface area contributed by atoms with E-state index in [9.17, 15) is 10.4 Å². The Morgan fingerprint density at radius 1 is 1.15 bits per heavy atom. The van der Waals surface area contributed by atoms with Crippen molar-refractivity contribution in [1.82, 2.24) is 24.6 Å². The summed E-state index contributed by atoms with van der Waals surface area (Å²) in [6, 6.07) is 16.8. The van der Waals surface area contributed by atoms with E-state index in [0.717, 1.165) is 11.4 Å². The third-order valence-electron chi connectivity index (χ3n) is 5.42. The maximum atomic E-state index is 10.4. The minimum absolute atomic E-state index is 0.274. The van der Waals surface area contributed by atoms with Crippen molar-refractivity contribution in [3.05, 3.63) is 83.3 Å². The Morgan fingerprint density at radius 2 is 2.00 bits per heavy atom. The van der Waals surface area contributed by atoms with Gasteiger partial charge in [-0.2, -0.15) is 10.4 Å². The lowest BCUT2D eigenvalue weighted by atomic mass is 10.0. The Labute approximate surface area is 195 Å². The van der Waals surface area contributed by atoms with Gasteiger partial charge in [0, 0.05) is 30.8 Å². The van der Waals surface area contributed by atoms with Crippen molar-refractivity contribution in [1.29, 1.82) is 5.26 Å². The number of aromatic nitrogens is 5. The number of benzene rings is 1. The largest absolute Gasteiger partial charge is 0.439 e. The number of hydrogen-bond acceptors (Lipinski definition) is 8. The zero-order valence-electron chi connectivity index (χ0n) is 18.6. The number of pyridine rings is 1. The number of aliphatic hydroxyl groups excluding tert-OH is 1. The van der Waals surface area contributed by atoms with Crippen molar-refractivity contribution >= 4 is 11.3 Å². The van der Waals surface area contributed by atoms with Crippen molar-refractivity contribution in [3.63, 3.8) is 0 Å². The van der Waals surface area contributed by atoms with Crippen LogP contribution in [0.2, 0.25) is 0 Å². The van der Waals surface area contributed by atoms with E-state index in [1.165, 1.54) is 0 Å². The summed E-state index contributed by atoms with van der Waals surface area (Å²) in [5.74, 6) is 1.01. The number of aryl methyl sites for hydroxylation is 1. The summed E-state index contributed by atoms with van der Waals surface area (Å²) >= 11 is 0. The molecule has 0 aliphatic carbocycles. The van der Waals surface area contributed by atoms with Crippen LogP contribution in [0.3, 0.4) is 0 Å². The molecular formula is C25H21N7O2. The van der Waals surface area contributed by atoms with Crippen molar-refractivity contribution in [2.45, 2.75) is 26.4 Å². The fourth-order valence-corrected chi connectivity index (χ4v) is 3.93. The molecule has 0 saturated carbocycles. The van der Waals surface area contributed by atoms with E-state index in [1.54, 1.807) is 42.8 Å². The van der Waals surface area contributed by atoms with E-state index in [-0.39, 0.29) is 5.82 Å². The van der Waals surface area contributed by atoms with Gasteiger partial charge in [0.2, 0.25) is 0 Å². The lowest BCUT2D eigenvalue weighted by Crippen LogP contribution is -2.06. The number of oxazole rings is 1. The van der Waals surface area contributed by atoms with Gasteiger partial charge in [0.1, 0.15) is 28.4 Å². The van der Waals surface area contributed by atoms with Gasteiger partial charge in [-0.3, -0.25) is 4.98 Å². The highest BCUT2D eigenvalue weighted by molar-refractivity contribution is 5.83. The maximum absolute atomic E-state index is 10.4. The third-order valence-corrected chi connectivity index (χ3v) is 5.42. The zero-order chi connectivity index (χ0) is 23.8. The van der Waals surface area contributed by atoms with Gasteiger partial charge >= 0.3 is 0 Å². The topological polar surface area (TPSA) is 139 Å². The molecule has 0 aliphatic rings. The second-order valence-corrected chi connectivity index (χ2v) is 7.94. The Balaban J connectivity index is 1.81. The first-order chi connectivity index (χ1) is 16.4. The minimum Gasteiger partial charge on any atom is -0.439 e. The molecule has 34 heavy (non-hydrogen) atoms. The van der Waals surface area contributed by atoms with Crippen molar-refractivity contribution in [2.75, 3.05) is 5.73 Å². The van der Waals surface area contributed by atoms with Crippen LogP contribution in [0, 0.1) is 18.3 Å². The molecule has 0 aliphatic heterocycles. The van der Waals surface area contributed by atoms with Crippen LogP contribution in [0.25, 0.3) is 28.2 Å². The van der Waals surface area contributed by atoms with Crippen molar-refractivity contribution in [2.24, 2.45) is 0 Å². The first kappa shape index (κ1) is 21.3. The molecule has 168 valence electrons. The molecule has 1 aromatic carbocycles. The number of nitrogens with zero attached hydrogens (tertiary/aromatic N) is 6. The van der Waals surface area contributed by atoms with Crippen LogP contribution in [0.1, 0.15) is 41.6 Å². The summed E-state index contributed by atoms with van der Waals surface area (Å²) in [6.45, 7) is 3.33. The zero-order valence-corrected chi connectivity index (χ0v) is 18.6. The molecular weight excluding hydrogens is 430 g/mol. The van der Waals surface area contributed by atoms with Gasteiger partial charge in [0.05, 0.1) is 23.4 Å². The van der Waals surface area contributed by atoms with E-state index < -0.39 is 6.10 Å². The molecule has 0 spiro atoms. The number of hydrogen-bond donors (Lipinski definition) is 2. The van der Waals surface area contributed by atoms with Crippen LogP contribution in [0.5, 0.6) is 0 Å². The van der Waals surface area contributed by atoms with Gasteiger partial charge in [-0.05, 0) is 37.3 Å². The highest BCUT2D eigenvalue weighted by Gasteiger charge is 2.26. The van der Waals surface area contributed by atoms with E-state index in [4.69, 9.17) is 15.2 Å². The Kier molecular flexibility index (Phi) is 5.28.